The van der Waals surface area contributed by atoms with E-state index in [2.05, 4.69) is 4.98 Å². The Morgan fingerprint density at radius 1 is 1.17 bits per heavy atom. The largest absolute Gasteiger partial charge is 0.495 e. The zero-order valence-corrected chi connectivity index (χ0v) is 10.6. The molecule has 2 heterocycles. The van der Waals surface area contributed by atoms with E-state index in [0.29, 0.717) is 5.02 Å². The van der Waals surface area contributed by atoms with Crippen LogP contribution < -0.4 is 4.74 Å². The fraction of sp³-hybridized carbons (Fsp3) is 0.0714. The van der Waals surface area contributed by atoms with Gasteiger partial charge in [0.2, 0.25) is 0 Å². The number of benzene rings is 1. The van der Waals surface area contributed by atoms with Crippen LogP contribution in [0.2, 0.25) is 5.02 Å². The molecule has 0 aliphatic rings. The lowest BCUT2D eigenvalue weighted by atomic mass is 10.2. The van der Waals surface area contributed by atoms with Crippen LogP contribution in [0, 0.1) is 0 Å². The van der Waals surface area contributed by atoms with Gasteiger partial charge in [-0.2, -0.15) is 0 Å². The number of methoxy groups -OCH3 is 1. The van der Waals surface area contributed by atoms with Crippen molar-refractivity contribution in [3.05, 3.63) is 53.8 Å². The van der Waals surface area contributed by atoms with E-state index in [1.54, 1.807) is 7.11 Å². The number of rotatable bonds is 2. The molecule has 0 aliphatic heterocycles. The molecule has 2 aromatic heterocycles. The molecule has 0 unspecified atom stereocenters. The Morgan fingerprint density at radius 3 is 2.83 bits per heavy atom. The highest BCUT2D eigenvalue weighted by molar-refractivity contribution is 6.30. The van der Waals surface area contributed by atoms with Crippen molar-refractivity contribution in [2.24, 2.45) is 0 Å². The van der Waals surface area contributed by atoms with E-state index in [0.717, 1.165) is 22.7 Å². The van der Waals surface area contributed by atoms with Crippen molar-refractivity contribution in [2.45, 2.75) is 0 Å². The maximum Gasteiger partial charge on any atom is 0.137 e. The minimum Gasteiger partial charge on any atom is -0.495 e. The number of hydrogen-bond donors (Lipinski definition) is 0. The fourth-order valence-corrected chi connectivity index (χ4v) is 2.07. The summed E-state index contributed by atoms with van der Waals surface area (Å²) in [6, 6.07) is 11.5. The predicted octanol–water partition coefficient (Wildman–Crippen LogP) is 3.66. The average molecular weight is 259 g/mol. The van der Waals surface area contributed by atoms with Crippen molar-refractivity contribution in [1.29, 1.82) is 0 Å². The molecule has 0 amide bonds. The van der Waals surface area contributed by atoms with Crippen LogP contribution >= 0.6 is 11.6 Å². The van der Waals surface area contributed by atoms with Crippen molar-refractivity contribution >= 4 is 17.2 Å². The maximum absolute atomic E-state index is 5.99. The predicted molar refractivity (Wildman–Crippen MR) is 72.2 cm³/mol. The summed E-state index contributed by atoms with van der Waals surface area (Å²) in [6.07, 6.45) is 3.86. The van der Waals surface area contributed by atoms with Gasteiger partial charge < -0.3 is 9.14 Å². The molecule has 0 bridgehead atoms. The summed E-state index contributed by atoms with van der Waals surface area (Å²) in [4.78, 5) is 4.55. The van der Waals surface area contributed by atoms with Crippen molar-refractivity contribution in [3.8, 4) is 17.0 Å². The van der Waals surface area contributed by atoms with Gasteiger partial charge in [0.1, 0.15) is 11.4 Å². The molecule has 4 heteroatoms. The van der Waals surface area contributed by atoms with E-state index in [1.807, 2.05) is 53.2 Å². The molecule has 18 heavy (non-hydrogen) atoms. The monoisotopic (exact) mass is 258 g/mol. The van der Waals surface area contributed by atoms with Crippen LogP contribution in [0.3, 0.4) is 0 Å². The van der Waals surface area contributed by atoms with Crippen LogP contribution in [-0.4, -0.2) is 16.5 Å². The second kappa shape index (κ2) is 4.35. The van der Waals surface area contributed by atoms with E-state index in [4.69, 9.17) is 16.3 Å². The first kappa shape index (κ1) is 11.1. The molecule has 0 saturated heterocycles. The van der Waals surface area contributed by atoms with Crippen molar-refractivity contribution in [3.63, 3.8) is 0 Å². The number of aromatic nitrogens is 2. The number of halogens is 1. The third-order valence-corrected chi connectivity index (χ3v) is 3.02. The standard InChI is InChI=1S/C14H11ClN2O/c1-18-12-5-6-14-16-13(9-17(14)8-12)10-3-2-4-11(15)7-10/h2-9H,1H3. The van der Waals surface area contributed by atoms with Crippen LogP contribution in [0.5, 0.6) is 5.75 Å². The number of nitrogens with zero attached hydrogens (tertiary/aromatic N) is 2. The lowest BCUT2D eigenvalue weighted by Gasteiger charge is -1.98. The molecule has 0 spiro atoms. The van der Waals surface area contributed by atoms with Gasteiger partial charge in [-0.15, -0.1) is 0 Å². The molecule has 3 aromatic rings. The molecule has 0 fully saturated rings. The Morgan fingerprint density at radius 2 is 2.06 bits per heavy atom. The maximum atomic E-state index is 5.99. The molecule has 1 aromatic carbocycles. The summed E-state index contributed by atoms with van der Waals surface area (Å²) in [5, 5.41) is 0.710. The fourth-order valence-electron chi connectivity index (χ4n) is 1.88. The first-order valence-electron chi connectivity index (χ1n) is 5.55. The number of fused-ring (bicyclic) bond motifs is 1. The van der Waals surface area contributed by atoms with E-state index < -0.39 is 0 Å². The second-order valence-electron chi connectivity index (χ2n) is 3.97. The number of pyridine rings is 1. The van der Waals surface area contributed by atoms with E-state index in [9.17, 15) is 0 Å². The topological polar surface area (TPSA) is 26.5 Å². The quantitative estimate of drug-likeness (QED) is 0.701. The van der Waals surface area contributed by atoms with E-state index in [1.165, 1.54) is 0 Å². The van der Waals surface area contributed by atoms with Gasteiger partial charge in [0.05, 0.1) is 19.0 Å². The van der Waals surface area contributed by atoms with Gasteiger partial charge in [-0.3, -0.25) is 0 Å². The summed E-state index contributed by atoms with van der Waals surface area (Å²) >= 11 is 5.99. The molecule has 0 atom stereocenters. The summed E-state index contributed by atoms with van der Waals surface area (Å²) in [5.74, 6) is 0.803. The lowest BCUT2D eigenvalue weighted by Crippen LogP contribution is -1.86. The Labute approximate surface area is 110 Å². The Balaban J connectivity index is 2.13. The molecule has 0 N–H and O–H groups in total. The molecule has 0 saturated carbocycles. The smallest absolute Gasteiger partial charge is 0.137 e. The van der Waals surface area contributed by atoms with Crippen LogP contribution in [0.1, 0.15) is 0 Å². The first-order chi connectivity index (χ1) is 8.76. The Kier molecular flexibility index (Phi) is 2.68. The second-order valence-corrected chi connectivity index (χ2v) is 4.41. The minimum atomic E-state index is 0.710. The number of imidazole rings is 1. The third kappa shape index (κ3) is 1.93. The summed E-state index contributed by atoms with van der Waals surface area (Å²) in [7, 11) is 1.65. The summed E-state index contributed by atoms with van der Waals surface area (Å²) < 4.78 is 7.13. The number of ether oxygens (including phenoxy) is 1. The van der Waals surface area contributed by atoms with Gasteiger partial charge in [0, 0.05) is 16.8 Å². The highest BCUT2D eigenvalue weighted by Gasteiger charge is 2.05. The Hall–Kier alpha value is -2.00. The van der Waals surface area contributed by atoms with Crippen molar-refractivity contribution < 1.29 is 4.74 Å². The van der Waals surface area contributed by atoms with Crippen LogP contribution in [0.15, 0.2) is 48.8 Å². The molecule has 90 valence electrons. The van der Waals surface area contributed by atoms with Gasteiger partial charge in [-0.05, 0) is 24.3 Å². The summed E-state index contributed by atoms with van der Waals surface area (Å²) in [6.45, 7) is 0. The number of hydrogen-bond acceptors (Lipinski definition) is 2. The Bertz CT molecular complexity index is 706. The summed E-state index contributed by atoms with van der Waals surface area (Å²) in [5.41, 5.74) is 2.78. The van der Waals surface area contributed by atoms with Gasteiger partial charge in [0.25, 0.3) is 0 Å². The van der Waals surface area contributed by atoms with Crippen LogP contribution in [0.25, 0.3) is 16.9 Å². The van der Waals surface area contributed by atoms with Crippen molar-refractivity contribution in [1.82, 2.24) is 9.38 Å². The normalized spacial score (nSPS) is 10.8. The minimum absolute atomic E-state index is 0.710. The SMILES string of the molecule is COc1ccc2nc(-c3cccc(Cl)c3)cn2c1. The average Bonchev–Trinajstić information content (AvgIpc) is 2.81. The van der Waals surface area contributed by atoms with Crippen LogP contribution in [0.4, 0.5) is 0 Å². The zero-order valence-electron chi connectivity index (χ0n) is 9.80. The van der Waals surface area contributed by atoms with Crippen LogP contribution in [-0.2, 0) is 0 Å². The molecule has 0 aliphatic carbocycles. The molecular formula is C14H11ClN2O. The van der Waals surface area contributed by atoms with Gasteiger partial charge >= 0.3 is 0 Å². The highest BCUT2D eigenvalue weighted by atomic mass is 35.5. The molecule has 0 radical (unpaired) electrons. The highest BCUT2D eigenvalue weighted by Crippen LogP contribution is 2.23. The van der Waals surface area contributed by atoms with Gasteiger partial charge in [-0.25, -0.2) is 4.98 Å². The molecular weight excluding hydrogens is 248 g/mol. The van der Waals surface area contributed by atoms with Gasteiger partial charge in [-0.1, -0.05) is 23.7 Å². The zero-order chi connectivity index (χ0) is 12.5. The molecule has 3 nitrogen and oxygen atoms in total. The third-order valence-electron chi connectivity index (χ3n) is 2.78. The first-order valence-corrected chi connectivity index (χ1v) is 5.93. The van der Waals surface area contributed by atoms with Crippen molar-refractivity contribution in [2.75, 3.05) is 7.11 Å². The lowest BCUT2D eigenvalue weighted by molar-refractivity contribution is 0.412. The molecule has 3 rings (SSSR count). The van der Waals surface area contributed by atoms with Gasteiger partial charge in [0.15, 0.2) is 0 Å². The van der Waals surface area contributed by atoms with E-state index >= 15 is 0 Å². The van der Waals surface area contributed by atoms with E-state index in [-0.39, 0.29) is 0 Å².